The van der Waals surface area contributed by atoms with E-state index >= 15 is 0 Å². The summed E-state index contributed by atoms with van der Waals surface area (Å²) in [4.78, 5) is 11.4. The Labute approximate surface area is 117 Å². The van der Waals surface area contributed by atoms with Gasteiger partial charge in [-0.3, -0.25) is 4.79 Å². The van der Waals surface area contributed by atoms with Gasteiger partial charge in [0.05, 0.1) is 30.5 Å². The molecule has 0 fully saturated rings. The van der Waals surface area contributed by atoms with Crippen LogP contribution < -0.4 is 15.4 Å². The normalized spacial score (nSPS) is 11.8. The van der Waals surface area contributed by atoms with Crippen molar-refractivity contribution in [3.63, 3.8) is 0 Å². The molecule has 106 valence electrons. The van der Waals surface area contributed by atoms with E-state index in [9.17, 15) is 9.90 Å². The van der Waals surface area contributed by atoms with Gasteiger partial charge >= 0.3 is 0 Å². The number of hydrogen-bond donors (Lipinski definition) is 3. The van der Waals surface area contributed by atoms with E-state index in [0.717, 1.165) is 0 Å². The first-order valence-electron chi connectivity index (χ1n) is 6.06. The number of hydrogen-bond acceptors (Lipinski definition) is 4. The first kappa shape index (κ1) is 15.6. The molecule has 1 aromatic rings. The summed E-state index contributed by atoms with van der Waals surface area (Å²) in [6, 6.07) is 5.27. The van der Waals surface area contributed by atoms with Crippen molar-refractivity contribution in [2.45, 2.75) is 19.4 Å². The van der Waals surface area contributed by atoms with Crippen LogP contribution in [0, 0.1) is 0 Å². The lowest BCUT2D eigenvalue weighted by atomic mass is 10.2. The molecule has 0 aliphatic carbocycles. The van der Waals surface area contributed by atoms with Crippen LogP contribution in [0.15, 0.2) is 18.2 Å². The molecule has 0 aliphatic rings. The Bertz CT molecular complexity index is 426. The number of amides is 1. The molecular formula is C13H19ClN2O3. The average Bonchev–Trinajstić information content (AvgIpc) is 2.45. The zero-order valence-electron chi connectivity index (χ0n) is 11.1. The molecule has 0 aliphatic heterocycles. The number of aliphatic hydroxyl groups is 1. The van der Waals surface area contributed by atoms with Crippen molar-refractivity contribution in [1.29, 1.82) is 0 Å². The fourth-order valence-electron chi connectivity index (χ4n) is 1.43. The zero-order chi connectivity index (χ0) is 14.3. The highest BCUT2D eigenvalue weighted by atomic mass is 35.5. The molecule has 0 saturated carbocycles. The number of rotatable bonds is 7. The first-order valence-corrected chi connectivity index (χ1v) is 6.60. The highest BCUT2D eigenvalue weighted by molar-refractivity contribution is 6.18. The Morgan fingerprint density at radius 1 is 1.47 bits per heavy atom. The van der Waals surface area contributed by atoms with Crippen LogP contribution in [-0.4, -0.2) is 36.7 Å². The predicted octanol–water partition coefficient (Wildman–Crippen LogP) is 2.06. The van der Waals surface area contributed by atoms with E-state index in [1.165, 1.54) is 0 Å². The molecule has 0 spiro atoms. The number of carbonyl (C=O) groups excluding carboxylic acids is 1. The monoisotopic (exact) mass is 286 g/mol. The second kappa shape index (κ2) is 7.86. The highest BCUT2D eigenvalue weighted by Crippen LogP contribution is 2.27. The second-order valence-electron chi connectivity index (χ2n) is 4.00. The van der Waals surface area contributed by atoms with Crippen LogP contribution in [-0.2, 0) is 4.79 Å². The van der Waals surface area contributed by atoms with Crippen LogP contribution in [0.3, 0.4) is 0 Å². The Morgan fingerprint density at radius 2 is 2.21 bits per heavy atom. The maximum absolute atomic E-state index is 11.4. The number of nitrogens with one attached hydrogen (secondary N) is 2. The molecule has 0 aromatic heterocycles. The predicted molar refractivity (Wildman–Crippen MR) is 77.1 cm³/mol. The molecule has 0 saturated heterocycles. The molecule has 1 atom stereocenters. The number of aliphatic hydroxyl groups excluding tert-OH is 1. The minimum absolute atomic E-state index is 0.0777. The number of alkyl halides is 1. The molecule has 0 heterocycles. The minimum atomic E-state index is -0.650. The van der Waals surface area contributed by atoms with Crippen molar-refractivity contribution < 1.29 is 14.6 Å². The summed E-state index contributed by atoms with van der Waals surface area (Å²) in [6.07, 6.45) is -0.252. The van der Waals surface area contributed by atoms with Crippen molar-refractivity contribution in [2.24, 2.45) is 0 Å². The molecule has 1 rings (SSSR count). The largest absolute Gasteiger partial charge is 0.497 e. The van der Waals surface area contributed by atoms with E-state index in [1.807, 2.05) is 0 Å². The first-order chi connectivity index (χ1) is 9.10. The summed E-state index contributed by atoms with van der Waals surface area (Å²) >= 11 is 5.54. The van der Waals surface area contributed by atoms with Gasteiger partial charge in [0.2, 0.25) is 5.91 Å². The van der Waals surface area contributed by atoms with Crippen LogP contribution in [0.2, 0.25) is 0 Å². The number of methoxy groups -OCH3 is 1. The smallest absolute Gasteiger partial charge is 0.224 e. The fourth-order valence-corrected chi connectivity index (χ4v) is 1.54. The van der Waals surface area contributed by atoms with E-state index in [4.69, 9.17) is 16.3 Å². The lowest BCUT2D eigenvalue weighted by molar-refractivity contribution is -0.115. The van der Waals surface area contributed by atoms with Crippen LogP contribution >= 0.6 is 11.6 Å². The average molecular weight is 287 g/mol. The topological polar surface area (TPSA) is 70.6 Å². The van der Waals surface area contributed by atoms with Crippen molar-refractivity contribution in [1.82, 2.24) is 0 Å². The summed E-state index contributed by atoms with van der Waals surface area (Å²) in [7, 11) is 1.57. The van der Waals surface area contributed by atoms with Gasteiger partial charge in [-0.2, -0.15) is 0 Å². The SMILES string of the molecule is CCC(=O)Nc1ccc(OC)cc1NCC(O)CCl. The van der Waals surface area contributed by atoms with Crippen LogP contribution in [0.5, 0.6) is 5.75 Å². The molecule has 0 bridgehead atoms. The summed E-state index contributed by atoms with van der Waals surface area (Å²) < 4.78 is 5.13. The van der Waals surface area contributed by atoms with Gasteiger partial charge in [-0.1, -0.05) is 6.92 Å². The third kappa shape index (κ3) is 4.96. The number of anilines is 2. The third-order valence-corrected chi connectivity index (χ3v) is 2.88. The van der Waals surface area contributed by atoms with E-state index < -0.39 is 6.10 Å². The van der Waals surface area contributed by atoms with Gasteiger partial charge in [-0.25, -0.2) is 0 Å². The van der Waals surface area contributed by atoms with E-state index in [-0.39, 0.29) is 11.8 Å². The summed E-state index contributed by atoms with van der Waals surface area (Å²) in [5.41, 5.74) is 1.33. The van der Waals surface area contributed by atoms with Gasteiger partial charge in [0, 0.05) is 19.0 Å². The number of carbonyl (C=O) groups is 1. The molecule has 19 heavy (non-hydrogen) atoms. The minimum Gasteiger partial charge on any atom is -0.497 e. The van der Waals surface area contributed by atoms with Gasteiger partial charge in [0.1, 0.15) is 5.75 Å². The van der Waals surface area contributed by atoms with Gasteiger partial charge in [-0.15, -0.1) is 11.6 Å². The van der Waals surface area contributed by atoms with E-state index in [2.05, 4.69) is 10.6 Å². The van der Waals surface area contributed by atoms with Crippen molar-refractivity contribution >= 4 is 28.9 Å². The lowest BCUT2D eigenvalue weighted by Crippen LogP contribution is -2.21. The van der Waals surface area contributed by atoms with Crippen molar-refractivity contribution in [3.8, 4) is 5.75 Å². The van der Waals surface area contributed by atoms with Crippen molar-refractivity contribution in [2.75, 3.05) is 30.2 Å². The quantitative estimate of drug-likeness (QED) is 0.671. The van der Waals surface area contributed by atoms with Gasteiger partial charge in [0.15, 0.2) is 0 Å². The maximum Gasteiger partial charge on any atom is 0.224 e. The Balaban J connectivity index is 2.85. The standard InChI is InChI=1S/C13H19ClN2O3/c1-3-13(18)16-11-5-4-10(19-2)6-12(11)15-8-9(17)7-14/h4-6,9,15,17H,3,7-8H2,1-2H3,(H,16,18). The lowest BCUT2D eigenvalue weighted by Gasteiger charge is -2.15. The molecule has 1 unspecified atom stereocenters. The van der Waals surface area contributed by atoms with Crippen molar-refractivity contribution in [3.05, 3.63) is 18.2 Å². The fraction of sp³-hybridized carbons (Fsp3) is 0.462. The highest BCUT2D eigenvalue weighted by Gasteiger charge is 2.09. The Kier molecular flexibility index (Phi) is 6.45. The molecule has 3 N–H and O–H groups in total. The van der Waals surface area contributed by atoms with Crippen LogP contribution in [0.25, 0.3) is 0 Å². The van der Waals surface area contributed by atoms with Gasteiger partial charge in [0.25, 0.3) is 0 Å². The van der Waals surface area contributed by atoms with Gasteiger partial charge in [-0.05, 0) is 12.1 Å². The van der Waals surface area contributed by atoms with E-state index in [1.54, 1.807) is 32.2 Å². The summed E-state index contributed by atoms with van der Waals surface area (Å²) in [5.74, 6) is 0.733. The van der Waals surface area contributed by atoms with Gasteiger partial charge < -0.3 is 20.5 Å². The molecule has 0 radical (unpaired) electrons. The number of ether oxygens (including phenoxy) is 1. The number of halogens is 1. The van der Waals surface area contributed by atoms with Crippen LogP contribution in [0.1, 0.15) is 13.3 Å². The molecule has 6 heteroatoms. The summed E-state index contributed by atoms with van der Waals surface area (Å²) in [5, 5.41) is 15.3. The second-order valence-corrected chi connectivity index (χ2v) is 4.31. The van der Waals surface area contributed by atoms with Crippen LogP contribution in [0.4, 0.5) is 11.4 Å². The molecule has 5 nitrogen and oxygen atoms in total. The summed E-state index contributed by atoms with van der Waals surface area (Å²) in [6.45, 7) is 2.08. The zero-order valence-corrected chi connectivity index (χ0v) is 11.8. The Morgan fingerprint density at radius 3 is 2.79 bits per heavy atom. The molecule has 1 amide bonds. The Hall–Kier alpha value is -1.46. The molecular weight excluding hydrogens is 268 g/mol. The number of benzene rings is 1. The molecule has 1 aromatic carbocycles. The third-order valence-electron chi connectivity index (χ3n) is 2.53. The van der Waals surface area contributed by atoms with E-state index in [0.29, 0.717) is 30.1 Å². The maximum atomic E-state index is 11.4.